The van der Waals surface area contributed by atoms with Gasteiger partial charge in [-0.25, -0.2) is 0 Å². The molecule has 1 saturated heterocycles. The van der Waals surface area contributed by atoms with E-state index in [1.807, 2.05) is 24.3 Å². The van der Waals surface area contributed by atoms with Crippen molar-refractivity contribution < 1.29 is 9.53 Å². The van der Waals surface area contributed by atoms with Crippen molar-refractivity contribution in [2.75, 3.05) is 18.5 Å². The van der Waals surface area contributed by atoms with E-state index in [-0.39, 0.29) is 12.0 Å². The monoisotopic (exact) mass is 320 g/mol. The molecule has 0 aliphatic carbocycles. The molecule has 0 aromatic heterocycles. The molecule has 1 aliphatic heterocycles. The van der Waals surface area contributed by atoms with Gasteiger partial charge in [-0.15, -0.1) is 0 Å². The summed E-state index contributed by atoms with van der Waals surface area (Å²) in [5.74, 6) is -0.0919. The number of carbonyl (C=O) groups excluding carboxylic acids is 1. The van der Waals surface area contributed by atoms with E-state index < -0.39 is 0 Å². The van der Waals surface area contributed by atoms with Gasteiger partial charge in [0, 0.05) is 25.8 Å². The molecule has 1 aliphatic rings. The first-order chi connectivity index (χ1) is 10.6. The summed E-state index contributed by atoms with van der Waals surface area (Å²) in [4.78, 5) is 10.9. The molecule has 6 nitrogen and oxygen atoms in total. The number of hydrogen-bond donors (Lipinski definition) is 3. The Morgan fingerprint density at radius 2 is 2.23 bits per heavy atom. The first kappa shape index (κ1) is 16.4. The number of hydrogen-bond acceptors (Lipinski definition) is 4. The van der Waals surface area contributed by atoms with E-state index in [2.05, 4.69) is 21.2 Å². The van der Waals surface area contributed by atoms with Crippen molar-refractivity contribution in [2.24, 2.45) is 5.10 Å². The summed E-state index contributed by atoms with van der Waals surface area (Å²) in [5, 5.41) is 10.3. The number of nitrogens with zero attached hydrogens (tertiary/aromatic N) is 1. The van der Waals surface area contributed by atoms with Gasteiger partial charge in [0.2, 0.25) is 5.91 Å². The van der Waals surface area contributed by atoms with Gasteiger partial charge in [-0.2, -0.15) is 5.10 Å². The predicted octanol–water partition coefficient (Wildman–Crippen LogP) is 1.62. The molecule has 1 atom stereocenters. The molecule has 2 rings (SSSR count). The SMILES string of the molecule is CC(=O)Nc1ccc(/C=N\NC(=S)NC[C@H]2CCCO2)cc1. The molecule has 1 heterocycles. The van der Waals surface area contributed by atoms with E-state index in [1.165, 1.54) is 6.92 Å². The van der Waals surface area contributed by atoms with E-state index in [4.69, 9.17) is 17.0 Å². The Morgan fingerprint density at radius 1 is 1.45 bits per heavy atom. The van der Waals surface area contributed by atoms with E-state index in [0.717, 1.165) is 30.7 Å². The van der Waals surface area contributed by atoms with Crippen LogP contribution in [0.2, 0.25) is 0 Å². The van der Waals surface area contributed by atoms with Crippen LogP contribution in [0.1, 0.15) is 25.3 Å². The third-order valence-corrected chi connectivity index (χ3v) is 3.36. The number of thiocarbonyl (C=S) groups is 1. The largest absolute Gasteiger partial charge is 0.376 e. The Kier molecular flexibility index (Phi) is 6.29. The summed E-state index contributed by atoms with van der Waals surface area (Å²) in [6.07, 6.45) is 4.08. The molecule has 0 radical (unpaired) electrons. The van der Waals surface area contributed by atoms with Crippen LogP contribution in [-0.2, 0) is 9.53 Å². The number of benzene rings is 1. The zero-order valence-electron chi connectivity index (χ0n) is 12.5. The Bertz CT molecular complexity index is 539. The van der Waals surface area contributed by atoms with Crippen LogP contribution in [-0.4, -0.2) is 36.5 Å². The lowest BCUT2D eigenvalue weighted by Crippen LogP contribution is -2.37. The van der Waals surface area contributed by atoms with Crippen LogP contribution in [0.4, 0.5) is 5.69 Å². The lowest BCUT2D eigenvalue weighted by molar-refractivity contribution is -0.114. The van der Waals surface area contributed by atoms with Crippen molar-refractivity contribution in [1.29, 1.82) is 0 Å². The Labute approximate surface area is 135 Å². The summed E-state index contributed by atoms with van der Waals surface area (Å²) < 4.78 is 5.50. The number of hydrazone groups is 1. The highest BCUT2D eigenvalue weighted by molar-refractivity contribution is 7.80. The van der Waals surface area contributed by atoms with E-state index >= 15 is 0 Å². The Balaban J connectivity index is 1.71. The van der Waals surface area contributed by atoms with Crippen LogP contribution in [0.15, 0.2) is 29.4 Å². The van der Waals surface area contributed by atoms with Gasteiger partial charge in [0.05, 0.1) is 12.3 Å². The second-order valence-corrected chi connectivity index (χ2v) is 5.43. The van der Waals surface area contributed by atoms with Gasteiger partial charge >= 0.3 is 0 Å². The van der Waals surface area contributed by atoms with Crippen LogP contribution in [0.3, 0.4) is 0 Å². The van der Waals surface area contributed by atoms with Crippen molar-refractivity contribution in [3.05, 3.63) is 29.8 Å². The minimum Gasteiger partial charge on any atom is -0.376 e. The van der Waals surface area contributed by atoms with Gasteiger partial charge in [-0.3, -0.25) is 10.2 Å². The summed E-state index contributed by atoms with van der Waals surface area (Å²) in [6.45, 7) is 3.01. The fourth-order valence-electron chi connectivity index (χ4n) is 2.07. The number of nitrogens with one attached hydrogen (secondary N) is 3. The quantitative estimate of drug-likeness (QED) is 0.437. The second kappa shape index (κ2) is 8.45. The van der Waals surface area contributed by atoms with Gasteiger partial charge in [0.1, 0.15) is 0 Å². The molecule has 3 N–H and O–H groups in total. The van der Waals surface area contributed by atoms with Crippen LogP contribution in [0.5, 0.6) is 0 Å². The minimum atomic E-state index is -0.0919. The molecule has 1 fully saturated rings. The summed E-state index contributed by atoms with van der Waals surface area (Å²) >= 11 is 5.13. The molecule has 1 aromatic rings. The Hall–Kier alpha value is -1.99. The highest BCUT2D eigenvalue weighted by Gasteiger charge is 2.14. The first-order valence-electron chi connectivity index (χ1n) is 7.19. The third kappa shape index (κ3) is 5.79. The predicted molar refractivity (Wildman–Crippen MR) is 91.1 cm³/mol. The summed E-state index contributed by atoms with van der Waals surface area (Å²) in [7, 11) is 0. The second-order valence-electron chi connectivity index (χ2n) is 5.02. The molecule has 7 heteroatoms. The number of ether oxygens (including phenoxy) is 1. The smallest absolute Gasteiger partial charge is 0.221 e. The standard InChI is InChI=1S/C15H20N4O2S/c1-11(20)18-13-6-4-12(5-7-13)9-17-19-15(22)16-10-14-3-2-8-21-14/h4-7,9,14H,2-3,8,10H2,1H3,(H,18,20)(H2,16,19,22)/b17-9-/t14-/m1/s1. The van der Waals surface area contributed by atoms with E-state index in [9.17, 15) is 4.79 Å². The molecular weight excluding hydrogens is 300 g/mol. The van der Waals surface area contributed by atoms with Crippen molar-refractivity contribution in [2.45, 2.75) is 25.9 Å². The normalized spacial score (nSPS) is 17.4. The highest BCUT2D eigenvalue weighted by atomic mass is 32.1. The van der Waals surface area contributed by atoms with Crippen LogP contribution >= 0.6 is 12.2 Å². The van der Waals surface area contributed by atoms with E-state index in [1.54, 1.807) is 6.21 Å². The molecule has 0 saturated carbocycles. The van der Waals surface area contributed by atoms with E-state index in [0.29, 0.717) is 11.7 Å². The maximum atomic E-state index is 10.9. The maximum Gasteiger partial charge on any atom is 0.221 e. The molecule has 0 unspecified atom stereocenters. The number of carbonyl (C=O) groups is 1. The number of anilines is 1. The average molecular weight is 320 g/mol. The van der Waals surface area contributed by atoms with Crippen LogP contribution in [0, 0.1) is 0 Å². The number of rotatable bonds is 5. The summed E-state index contributed by atoms with van der Waals surface area (Å²) in [5.41, 5.74) is 4.43. The zero-order valence-corrected chi connectivity index (χ0v) is 13.3. The maximum absolute atomic E-state index is 10.9. The molecular formula is C15H20N4O2S. The molecule has 0 bridgehead atoms. The zero-order chi connectivity index (χ0) is 15.8. The van der Waals surface area contributed by atoms with Crippen molar-refractivity contribution in [3.63, 3.8) is 0 Å². The molecule has 118 valence electrons. The molecule has 22 heavy (non-hydrogen) atoms. The molecule has 1 amide bonds. The van der Waals surface area contributed by atoms with Crippen molar-refractivity contribution in [1.82, 2.24) is 10.7 Å². The first-order valence-corrected chi connectivity index (χ1v) is 7.60. The lowest BCUT2D eigenvalue weighted by atomic mass is 10.2. The third-order valence-electron chi connectivity index (χ3n) is 3.13. The topological polar surface area (TPSA) is 74.8 Å². The van der Waals surface area contributed by atoms with Gasteiger partial charge in [0.15, 0.2) is 5.11 Å². The number of amides is 1. The van der Waals surface area contributed by atoms with Crippen LogP contribution in [0.25, 0.3) is 0 Å². The van der Waals surface area contributed by atoms with Gasteiger partial charge < -0.3 is 15.4 Å². The van der Waals surface area contributed by atoms with Crippen molar-refractivity contribution >= 4 is 35.1 Å². The average Bonchev–Trinajstić information content (AvgIpc) is 3.00. The fourth-order valence-corrected chi connectivity index (χ4v) is 2.21. The summed E-state index contributed by atoms with van der Waals surface area (Å²) in [6, 6.07) is 7.35. The van der Waals surface area contributed by atoms with Gasteiger partial charge in [-0.1, -0.05) is 12.1 Å². The van der Waals surface area contributed by atoms with Crippen molar-refractivity contribution in [3.8, 4) is 0 Å². The Morgan fingerprint density at radius 3 is 2.86 bits per heavy atom. The highest BCUT2D eigenvalue weighted by Crippen LogP contribution is 2.10. The molecule has 1 aromatic carbocycles. The van der Waals surface area contributed by atoms with Gasteiger partial charge in [-0.05, 0) is 42.8 Å². The van der Waals surface area contributed by atoms with Crippen LogP contribution < -0.4 is 16.1 Å². The minimum absolute atomic E-state index is 0.0919. The lowest BCUT2D eigenvalue weighted by Gasteiger charge is -2.11. The fraction of sp³-hybridized carbons (Fsp3) is 0.400. The molecule has 0 spiro atoms. The van der Waals surface area contributed by atoms with Gasteiger partial charge in [0.25, 0.3) is 0 Å².